The van der Waals surface area contributed by atoms with Crippen LogP contribution in [-0.4, -0.2) is 41.4 Å². The molecule has 4 nitrogen and oxygen atoms in total. The van der Waals surface area contributed by atoms with E-state index in [0.717, 1.165) is 37.4 Å². The van der Waals surface area contributed by atoms with Crippen LogP contribution in [0.5, 0.6) is 0 Å². The molecule has 2 bridgehead atoms. The number of benzene rings is 1. The summed E-state index contributed by atoms with van der Waals surface area (Å²) in [7, 11) is 0. The van der Waals surface area contributed by atoms with Crippen molar-refractivity contribution in [2.24, 2.45) is 11.8 Å². The first-order valence-electron chi connectivity index (χ1n) is 9.80. The fourth-order valence-electron chi connectivity index (χ4n) is 4.18. The Morgan fingerprint density at radius 2 is 1.92 bits per heavy atom. The molecule has 4 atom stereocenters. The van der Waals surface area contributed by atoms with Crippen molar-refractivity contribution in [3.05, 3.63) is 35.9 Å². The van der Waals surface area contributed by atoms with E-state index in [4.69, 9.17) is 14.6 Å². The molecule has 2 aliphatic rings. The number of aliphatic carboxylic acids is 1. The maximum Gasteiger partial charge on any atom is 0.303 e. The molecule has 3 rings (SSSR count). The molecule has 1 aromatic carbocycles. The molecular weight excluding hydrogens is 348 g/mol. The van der Waals surface area contributed by atoms with Gasteiger partial charge in [0.15, 0.2) is 0 Å². The van der Waals surface area contributed by atoms with Crippen LogP contribution in [0.1, 0.15) is 44.1 Å². The van der Waals surface area contributed by atoms with Crippen molar-refractivity contribution in [2.45, 2.75) is 57.3 Å². The van der Waals surface area contributed by atoms with E-state index in [2.05, 4.69) is 12.1 Å². The molecule has 0 radical (unpaired) electrons. The van der Waals surface area contributed by atoms with E-state index in [-0.39, 0.29) is 0 Å². The number of ether oxygens (including phenoxy) is 2. The minimum Gasteiger partial charge on any atom is -0.481 e. The molecule has 2 aliphatic heterocycles. The van der Waals surface area contributed by atoms with Gasteiger partial charge in [0.05, 0.1) is 18.8 Å². The molecular formula is C21H30O4S. The molecule has 5 heteroatoms. The van der Waals surface area contributed by atoms with E-state index in [0.29, 0.717) is 37.1 Å². The van der Waals surface area contributed by atoms with Crippen LogP contribution < -0.4 is 0 Å². The molecule has 2 saturated heterocycles. The third-order valence-electron chi connectivity index (χ3n) is 5.54. The average molecular weight is 379 g/mol. The summed E-state index contributed by atoms with van der Waals surface area (Å²) in [6.45, 7) is 1.48. The zero-order valence-corrected chi connectivity index (χ0v) is 16.2. The van der Waals surface area contributed by atoms with Gasteiger partial charge in [0.1, 0.15) is 0 Å². The summed E-state index contributed by atoms with van der Waals surface area (Å²) in [4.78, 5) is 10.6. The Morgan fingerprint density at radius 3 is 2.69 bits per heavy atom. The van der Waals surface area contributed by atoms with Crippen LogP contribution in [0, 0.1) is 11.8 Å². The number of thioether (sulfide) groups is 1. The van der Waals surface area contributed by atoms with Crippen LogP contribution in [0.4, 0.5) is 0 Å². The zero-order valence-electron chi connectivity index (χ0n) is 15.3. The minimum absolute atomic E-state index is 0.291. The molecule has 2 fully saturated rings. The summed E-state index contributed by atoms with van der Waals surface area (Å²) >= 11 is 1.97. The highest BCUT2D eigenvalue weighted by Gasteiger charge is 2.47. The first-order valence-corrected chi connectivity index (χ1v) is 11.0. The number of unbranched alkanes of at least 4 members (excludes halogenated alkanes) is 1. The average Bonchev–Trinajstić information content (AvgIpc) is 3.24. The predicted molar refractivity (Wildman–Crippen MR) is 104 cm³/mol. The fourth-order valence-corrected chi connectivity index (χ4v) is 5.49. The third kappa shape index (κ3) is 5.73. The van der Waals surface area contributed by atoms with E-state index >= 15 is 0 Å². The Bertz CT molecular complexity index is 550. The van der Waals surface area contributed by atoms with Gasteiger partial charge < -0.3 is 14.6 Å². The zero-order chi connectivity index (χ0) is 18.2. The van der Waals surface area contributed by atoms with Gasteiger partial charge in [-0.3, -0.25) is 4.79 Å². The number of carbonyl (C=O) groups is 1. The second kappa shape index (κ2) is 10.3. The molecule has 0 unspecified atom stereocenters. The number of carboxylic acids is 1. The SMILES string of the molecule is O=C(O)CCCCSC[C@H]1[C@@H](CCOCc2ccccc2)[C@H]2CC[C@@H]1O2. The van der Waals surface area contributed by atoms with Gasteiger partial charge >= 0.3 is 5.97 Å². The lowest BCUT2D eigenvalue weighted by atomic mass is 9.79. The first-order chi connectivity index (χ1) is 12.7. The number of fused-ring (bicyclic) bond motifs is 2. The number of hydrogen-bond donors (Lipinski definition) is 1. The molecule has 0 aromatic heterocycles. The van der Waals surface area contributed by atoms with Crippen LogP contribution in [0.2, 0.25) is 0 Å². The van der Waals surface area contributed by atoms with Crippen molar-refractivity contribution >= 4 is 17.7 Å². The topological polar surface area (TPSA) is 55.8 Å². The summed E-state index contributed by atoms with van der Waals surface area (Å²) in [5.74, 6) is 2.76. The van der Waals surface area contributed by atoms with E-state index in [1.54, 1.807) is 0 Å². The molecule has 144 valence electrons. The van der Waals surface area contributed by atoms with Gasteiger partial charge in [-0.25, -0.2) is 0 Å². The van der Waals surface area contributed by atoms with Gasteiger partial charge in [-0.15, -0.1) is 0 Å². The maximum absolute atomic E-state index is 10.6. The molecule has 1 N–H and O–H groups in total. The lowest BCUT2D eigenvalue weighted by molar-refractivity contribution is -0.137. The molecule has 0 saturated carbocycles. The Labute approximate surface area is 160 Å². The molecule has 0 aliphatic carbocycles. The highest BCUT2D eigenvalue weighted by Crippen LogP contribution is 2.46. The lowest BCUT2D eigenvalue weighted by Gasteiger charge is -2.27. The van der Waals surface area contributed by atoms with Crippen molar-refractivity contribution in [2.75, 3.05) is 18.1 Å². The number of hydrogen-bond acceptors (Lipinski definition) is 4. The standard InChI is InChI=1S/C21H30O4S/c22-21(23)8-4-5-13-26-15-18-17(19-9-10-20(18)25-19)11-12-24-14-16-6-2-1-3-7-16/h1-3,6-7,17-20H,4-5,8-15H2,(H,22,23)/t17-,18+,19-,20+/m1/s1. The van der Waals surface area contributed by atoms with Crippen molar-refractivity contribution in [1.82, 2.24) is 0 Å². The Morgan fingerprint density at radius 1 is 1.15 bits per heavy atom. The number of rotatable bonds is 12. The van der Waals surface area contributed by atoms with Gasteiger partial charge in [-0.1, -0.05) is 30.3 Å². The molecule has 26 heavy (non-hydrogen) atoms. The summed E-state index contributed by atoms with van der Waals surface area (Å²) in [5.41, 5.74) is 1.23. The van der Waals surface area contributed by atoms with Crippen molar-refractivity contribution < 1.29 is 19.4 Å². The van der Waals surface area contributed by atoms with Crippen LogP contribution in [0.3, 0.4) is 0 Å². The van der Waals surface area contributed by atoms with Gasteiger partial charge in [0, 0.05) is 13.0 Å². The van der Waals surface area contributed by atoms with Gasteiger partial charge in [0.2, 0.25) is 0 Å². The van der Waals surface area contributed by atoms with E-state index in [9.17, 15) is 4.79 Å². The second-order valence-electron chi connectivity index (χ2n) is 7.37. The van der Waals surface area contributed by atoms with Crippen molar-refractivity contribution in [1.29, 1.82) is 0 Å². The van der Waals surface area contributed by atoms with E-state index in [1.807, 2.05) is 30.0 Å². The second-order valence-corrected chi connectivity index (χ2v) is 8.52. The van der Waals surface area contributed by atoms with Gasteiger partial charge in [-0.05, 0) is 61.0 Å². The van der Waals surface area contributed by atoms with Gasteiger partial charge in [0.25, 0.3) is 0 Å². The molecule has 1 aromatic rings. The number of carboxylic acid groups (broad SMARTS) is 1. The summed E-state index contributed by atoms with van der Waals surface area (Å²) < 4.78 is 12.1. The molecule has 0 spiro atoms. The largest absolute Gasteiger partial charge is 0.481 e. The van der Waals surface area contributed by atoms with E-state index in [1.165, 1.54) is 18.4 Å². The lowest BCUT2D eigenvalue weighted by Crippen LogP contribution is -2.30. The Hall–Kier alpha value is -1.04. The molecule has 2 heterocycles. The van der Waals surface area contributed by atoms with Crippen molar-refractivity contribution in [3.8, 4) is 0 Å². The van der Waals surface area contributed by atoms with Crippen LogP contribution in [0.15, 0.2) is 30.3 Å². The normalized spacial score (nSPS) is 27.1. The highest BCUT2D eigenvalue weighted by atomic mass is 32.2. The maximum atomic E-state index is 10.6. The summed E-state index contributed by atoms with van der Waals surface area (Å²) in [6, 6.07) is 10.3. The van der Waals surface area contributed by atoms with Gasteiger partial charge in [-0.2, -0.15) is 11.8 Å². The monoisotopic (exact) mass is 378 g/mol. The highest BCUT2D eigenvalue weighted by molar-refractivity contribution is 7.99. The van der Waals surface area contributed by atoms with Crippen LogP contribution in [-0.2, 0) is 20.9 Å². The Kier molecular flexibility index (Phi) is 7.84. The smallest absolute Gasteiger partial charge is 0.303 e. The quantitative estimate of drug-likeness (QED) is 0.547. The predicted octanol–water partition coefficient (Wildman–Crippen LogP) is 4.38. The van der Waals surface area contributed by atoms with E-state index < -0.39 is 5.97 Å². The summed E-state index contributed by atoms with van der Waals surface area (Å²) in [6.07, 6.45) is 6.42. The minimum atomic E-state index is -0.688. The fraction of sp³-hybridized carbons (Fsp3) is 0.667. The summed E-state index contributed by atoms with van der Waals surface area (Å²) in [5, 5.41) is 8.69. The third-order valence-corrected chi connectivity index (χ3v) is 6.73. The first kappa shape index (κ1) is 19.7. The van der Waals surface area contributed by atoms with Crippen LogP contribution >= 0.6 is 11.8 Å². The van der Waals surface area contributed by atoms with Crippen molar-refractivity contribution in [3.63, 3.8) is 0 Å². The van der Waals surface area contributed by atoms with Crippen LogP contribution in [0.25, 0.3) is 0 Å². The Balaban J connectivity index is 1.34. The molecule has 0 amide bonds.